The predicted molar refractivity (Wildman–Crippen MR) is 104 cm³/mol. The number of rotatable bonds is 5. The highest BCUT2D eigenvalue weighted by atomic mass is 32.2. The number of methoxy groups -OCH3 is 1. The van der Waals surface area contributed by atoms with Gasteiger partial charge >= 0.3 is 0 Å². The Kier molecular flexibility index (Phi) is 5.47. The number of aromatic nitrogens is 1. The zero-order valence-corrected chi connectivity index (χ0v) is 15.5. The van der Waals surface area contributed by atoms with Crippen LogP contribution in [0.3, 0.4) is 0 Å². The summed E-state index contributed by atoms with van der Waals surface area (Å²) in [6.45, 7) is -0.139. The second-order valence-electron chi connectivity index (χ2n) is 4.93. The van der Waals surface area contributed by atoms with Gasteiger partial charge in [0.1, 0.15) is 16.6 Å². The third kappa shape index (κ3) is 4.25. The van der Waals surface area contributed by atoms with Gasteiger partial charge in [0.05, 0.1) is 12.0 Å². The lowest BCUT2D eigenvalue weighted by Gasteiger charge is -2.13. The highest BCUT2D eigenvalue weighted by Gasteiger charge is 2.33. The van der Waals surface area contributed by atoms with Crippen LogP contribution < -0.4 is 10.1 Å². The zero-order valence-electron chi connectivity index (χ0n) is 13.1. The Morgan fingerprint density at radius 3 is 3.04 bits per heavy atom. The molecular weight excluding hydrogens is 378 g/mol. The fourth-order valence-corrected chi connectivity index (χ4v) is 3.91. The fraction of sp³-hybridized carbons (Fsp3) is 0.125. The molecule has 1 aromatic carbocycles. The molecule has 9 heteroatoms. The summed E-state index contributed by atoms with van der Waals surface area (Å²) in [4.78, 5) is 30.3. The van der Waals surface area contributed by atoms with Crippen LogP contribution in [-0.2, 0) is 9.59 Å². The highest BCUT2D eigenvalue weighted by Crippen LogP contribution is 2.32. The van der Waals surface area contributed by atoms with Gasteiger partial charge in [0, 0.05) is 11.6 Å². The summed E-state index contributed by atoms with van der Waals surface area (Å²) in [5.74, 6) is 0.0769. The minimum absolute atomic E-state index is 0.139. The van der Waals surface area contributed by atoms with Crippen molar-refractivity contribution in [2.75, 3.05) is 19.0 Å². The van der Waals surface area contributed by atoms with E-state index in [-0.39, 0.29) is 18.4 Å². The molecule has 1 saturated heterocycles. The SMILES string of the molecule is COc1cccc(/C=C2\SC(=S)N(CC(=O)Nc3nccs3)C2=O)c1. The van der Waals surface area contributed by atoms with Crippen molar-refractivity contribution in [3.8, 4) is 5.75 Å². The van der Waals surface area contributed by atoms with E-state index in [4.69, 9.17) is 17.0 Å². The van der Waals surface area contributed by atoms with E-state index in [0.29, 0.717) is 20.1 Å². The number of thiazole rings is 1. The van der Waals surface area contributed by atoms with Crippen molar-refractivity contribution >= 4 is 62.7 Å². The van der Waals surface area contributed by atoms with Gasteiger partial charge in [-0.2, -0.15) is 0 Å². The Hall–Kier alpha value is -2.23. The van der Waals surface area contributed by atoms with Gasteiger partial charge < -0.3 is 10.1 Å². The van der Waals surface area contributed by atoms with Crippen LogP contribution in [0.15, 0.2) is 40.7 Å². The number of benzene rings is 1. The standard InChI is InChI=1S/C16H13N3O3S3/c1-22-11-4-2-3-10(7-11)8-12-14(21)19(16(23)25-12)9-13(20)18-15-17-5-6-24-15/h2-8H,9H2,1H3,(H,17,18,20)/b12-8-. The Morgan fingerprint density at radius 1 is 1.48 bits per heavy atom. The van der Waals surface area contributed by atoms with E-state index < -0.39 is 0 Å². The maximum Gasteiger partial charge on any atom is 0.266 e. The molecule has 0 spiro atoms. The van der Waals surface area contributed by atoms with Crippen LogP contribution in [0.2, 0.25) is 0 Å². The molecule has 0 saturated carbocycles. The van der Waals surface area contributed by atoms with Gasteiger partial charge in [-0.3, -0.25) is 14.5 Å². The number of hydrogen-bond donors (Lipinski definition) is 1. The van der Waals surface area contributed by atoms with Gasteiger partial charge in [-0.1, -0.05) is 36.1 Å². The van der Waals surface area contributed by atoms with Crippen LogP contribution in [0.4, 0.5) is 5.13 Å². The zero-order chi connectivity index (χ0) is 17.8. The number of carbonyl (C=O) groups excluding carboxylic acids is 2. The van der Waals surface area contributed by atoms with Gasteiger partial charge in [-0.05, 0) is 23.8 Å². The monoisotopic (exact) mass is 391 g/mol. The molecule has 3 rings (SSSR count). The molecule has 2 amide bonds. The van der Waals surface area contributed by atoms with E-state index in [1.54, 1.807) is 24.8 Å². The van der Waals surface area contributed by atoms with Crippen molar-refractivity contribution in [2.24, 2.45) is 0 Å². The first-order chi connectivity index (χ1) is 12.1. The van der Waals surface area contributed by atoms with E-state index in [1.807, 2.05) is 24.3 Å². The number of carbonyl (C=O) groups is 2. The van der Waals surface area contributed by atoms with Crippen LogP contribution >= 0.6 is 35.3 Å². The molecule has 0 atom stereocenters. The smallest absolute Gasteiger partial charge is 0.266 e. The van der Waals surface area contributed by atoms with Crippen molar-refractivity contribution in [2.45, 2.75) is 0 Å². The van der Waals surface area contributed by atoms with Crippen LogP contribution in [0.1, 0.15) is 5.56 Å². The summed E-state index contributed by atoms with van der Waals surface area (Å²) in [6, 6.07) is 7.35. The molecule has 2 aromatic rings. The third-order valence-electron chi connectivity index (χ3n) is 3.25. The van der Waals surface area contributed by atoms with Crippen molar-refractivity contribution in [3.05, 3.63) is 46.3 Å². The predicted octanol–water partition coefficient (Wildman–Crippen LogP) is 2.99. The Balaban J connectivity index is 1.71. The molecule has 25 heavy (non-hydrogen) atoms. The molecule has 0 radical (unpaired) electrons. The number of ether oxygens (including phenoxy) is 1. The number of amides is 2. The molecule has 0 unspecified atom stereocenters. The van der Waals surface area contributed by atoms with Gasteiger partial charge in [-0.15, -0.1) is 11.3 Å². The van der Waals surface area contributed by atoms with Gasteiger partial charge in [-0.25, -0.2) is 4.98 Å². The van der Waals surface area contributed by atoms with Crippen LogP contribution in [-0.4, -0.2) is 39.7 Å². The van der Waals surface area contributed by atoms with Gasteiger partial charge in [0.2, 0.25) is 5.91 Å². The lowest BCUT2D eigenvalue weighted by molar-refractivity contribution is -0.126. The van der Waals surface area contributed by atoms with E-state index in [2.05, 4.69) is 10.3 Å². The number of nitrogens with zero attached hydrogens (tertiary/aromatic N) is 2. The van der Waals surface area contributed by atoms with Crippen molar-refractivity contribution in [1.82, 2.24) is 9.88 Å². The molecule has 1 aliphatic rings. The molecule has 0 bridgehead atoms. The molecular formula is C16H13N3O3S3. The first kappa shape index (κ1) is 17.6. The number of anilines is 1. The van der Waals surface area contributed by atoms with Gasteiger partial charge in [0.25, 0.3) is 5.91 Å². The van der Waals surface area contributed by atoms with Crippen molar-refractivity contribution in [3.63, 3.8) is 0 Å². The maximum absolute atomic E-state index is 12.5. The quantitative estimate of drug-likeness (QED) is 0.624. The van der Waals surface area contributed by atoms with Crippen LogP contribution in [0, 0.1) is 0 Å². The number of hydrogen-bond acceptors (Lipinski definition) is 7. The van der Waals surface area contributed by atoms with Gasteiger partial charge in [0.15, 0.2) is 5.13 Å². The summed E-state index contributed by atoms with van der Waals surface area (Å²) in [6.07, 6.45) is 3.33. The van der Waals surface area contributed by atoms with Crippen molar-refractivity contribution in [1.29, 1.82) is 0 Å². The van der Waals surface area contributed by atoms with Crippen LogP contribution in [0.25, 0.3) is 6.08 Å². The highest BCUT2D eigenvalue weighted by molar-refractivity contribution is 8.26. The van der Waals surface area contributed by atoms with Crippen molar-refractivity contribution < 1.29 is 14.3 Å². The van der Waals surface area contributed by atoms with E-state index in [9.17, 15) is 9.59 Å². The molecule has 6 nitrogen and oxygen atoms in total. The first-order valence-corrected chi connectivity index (χ1v) is 9.26. The molecule has 1 aromatic heterocycles. The minimum Gasteiger partial charge on any atom is -0.497 e. The average molecular weight is 391 g/mol. The Morgan fingerprint density at radius 2 is 2.32 bits per heavy atom. The molecule has 2 heterocycles. The maximum atomic E-state index is 12.5. The third-order valence-corrected chi connectivity index (χ3v) is 5.31. The molecule has 1 aliphatic heterocycles. The molecule has 0 aliphatic carbocycles. The summed E-state index contributed by atoms with van der Waals surface area (Å²) in [5.41, 5.74) is 0.826. The summed E-state index contributed by atoms with van der Waals surface area (Å²) >= 11 is 7.72. The first-order valence-electron chi connectivity index (χ1n) is 7.15. The Bertz CT molecular complexity index is 849. The van der Waals surface area contributed by atoms with Crippen LogP contribution in [0.5, 0.6) is 5.75 Å². The number of nitrogens with one attached hydrogen (secondary N) is 1. The lowest BCUT2D eigenvalue weighted by Crippen LogP contribution is -2.36. The van der Waals surface area contributed by atoms with E-state index in [1.165, 1.54) is 28.0 Å². The molecule has 128 valence electrons. The molecule has 1 N–H and O–H groups in total. The largest absolute Gasteiger partial charge is 0.497 e. The lowest BCUT2D eigenvalue weighted by atomic mass is 10.2. The second kappa shape index (κ2) is 7.77. The number of thiocarbonyl (C=S) groups is 1. The van der Waals surface area contributed by atoms with E-state index >= 15 is 0 Å². The summed E-state index contributed by atoms with van der Waals surface area (Å²) in [7, 11) is 1.58. The topological polar surface area (TPSA) is 71.5 Å². The molecule has 1 fully saturated rings. The van der Waals surface area contributed by atoms with E-state index in [0.717, 1.165) is 5.56 Å². The normalized spacial score (nSPS) is 15.7. The minimum atomic E-state index is -0.339. The second-order valence-corrected chi connectivity index (χ2v) is 7.50. The summed E-state index contributed by atoms with van der Waals surface area (Å²) in [5, 5.41) is 4.88. The average Bonchev–Trinajstić information content (AvgIpc) is 3.19. The summed E-state index contributed by atoms with van der Waals surface area (Å²) < 4.78 is 5.53. The number of thioether (sulfide) groups is 1. The Labute approximate surface area is 157 Å². The fourth-order valence-electron chi connectivity index (χ4n) is 2.11.